The third-order valence-corrected chi connectivity index (χ3v) is 7.92. The van der Waals surface area contributed by atoms with Crippen molar-refractivity contribution in [2.45, 2.75) is 13.1 Å². The highest BCUT2D eigenvalue weighted by Gasteiger charge is 2.26. The largest absolute Gasteiger partial charge is 0.383 e. The number of H-pyrrole nitrogens is 1. The van der Waals surface area contributed by atoms with Gasteiger partial charge in [0.15, 0.2) is 33.9 Å². The lowest BCUT2D eigenvalue weighted by atomic mass is 10.1. The number of piperazine rings is 1. The summed E-state index contributed by atoms with van der Waals surface area (Å²) in [6.07, 6.45) is 1.81. The zero-order valence-corrected chi connectivity index (χ0v) is 22.8. The van der Waals surface area contributed by atoms with Crippen LogP contribution in [0.25, 0.3) is 33.5 Å². The number of anilines is 1. The number of hydrogen-bond acceptors (Lipinski definition) is 10. The average molecular weight is 556 g/mol. The van der Waals surface area contributed by atoms with E-state index in [0.29, 0.717) is 38.7 Å². The fourth-order valence-electron chi connectivity index (χ4n) is 5.28. The number of methoxy groups -OCH3 is 1. The number of aromatic nitrogens is 6. The maximum atomic E-state index is 11.2. The SMILES string of the molecule is COCCn1c(CN2CCN(CS(=O)O)CC2)nc2c(N3CCOCC3)nc(-c3cccc4[nH]ncc34)nc21. The minimum atomic E-state index is -1.82. The molecule has 208 valence electrons. The van der Waals surface area contributed by atoms with E-state index in [1.54, 1.807) is 7.11 Å². The summed E-state index contributed by atoms with van der Waals surface area (Å²) in [6, 6.07) is 6.00. The van der Waals surface area contributed by atoms with E-state index in [2.05, 4.69) is 24.6 Å². The number of ether oxygens (including phenoxy) is 2. The number of nitrogens with one attached hydrogen (secondary N) is 1. The molecule has 14 heteroatoms. The van der Waals surface area contributed by atoms with Gasteiger partial charge in [0.05, 0.1) is 38.1 Å². The zero-order valence-electron chi connectivity index (χ0n) is 22.0. The summed E-state index contributed by atoms with van der Waals surface area (Å²) >= 11 is -1.82. The summed E-state index contributed by atoms with van der Waals surface area (Å²) in [5.74, 6) is 2.53. The monoisotopic (exact) mass is 555 g/mol. The second-order valence-corrected chi connectivity index (χ2v) is 10.7. The Balaban J connectivity index is 1.42. The second-order valence-electron chi connectivity index (χ2n) is 9.80. The topological polar surface area (TPSA) is 138 Å². The molecule has 13 nitrogen and oxygen atoms in total. The minimum Gasteiger partial charge on any atom is -0.383 e. The summed E-state index contributed by atoms with van der Waals surface area (Å²) in [6.45, 7) is 7.58. The normalized spacial score (nSPS) is 18.4. The smallest absolute Gasteiger partial charge is 0.167 e. The quantitative estimate of drug-likeness (QED) is 0.288. The van der Waals surface area contributed by atoms with Gasteiger partial charge in [0.2, 0.25) is 0 Å². The molecule has 2 saturated heterocycles. The molecule has 4 aromatic rings. The molecule has 2 aliphatic heterocycles. The molecule has 2 aliphatic rings. The Labute approximate surface area is 228 Å². The minimum absolute atomic E-state index is 0.185. The summed E-state index contributed by atoms with van der Waals surface area (Å²) in [7, 11) is 1.70. The van der Waals surface area contributed by atoms with E-state index >= 15 is 0 Å². The number of imidazole rings is 1. The molecular formula is C25H33N9O4S. The third-order valence-electron chi connectivity index (χ3n) is 7.33. The van der Waals surface area contributed by atoms with E-state index in [1.807, 2.05) is 29.3 Å². The van der Waals surface area contributed by atoms with Gasteiger partial charge in [-0.15, -0.1) is 0 Å². The Hall–Kier alpha value is -3.01. The molecule has 1 unspecified atom stereocenters. The van der Waals surface area contributed by atoms with Crippen molar-refractivity contribution in [1.82, 2.24) is 39.5 Å². The van der Waals surface area contributed by atoms with E-state index in [4.69, 9.17) is 24.4 Å². The lowest BCUT2D eigenvalue weighted by Crippen LogP contribution is -2.47. The lowest BCUT2D eigenvalue weighted by Gasteiger charge is -2.33. The molecule has 6 rings (SSSR count). The maximum Gasteiger partial charge on any atom is 0.167 e. The van der Waals surface area contributed by atoms with Crippen LogP contribution >= 0.6 is 0 Å². The van der Waals surface area contributed by atoms with Crippen LogP contribution in [-0.2, 0) is 33.6 Å². The summed E-state index contributed by atoms with van der Waals surface area (Å²) in [4.78, 5) is 21.9. The van der Waals surface area contributed by atoms with E-state index in [-0.39, 0.29) is 5.88 Å². The number of rotatable bonds is 9. The summed E-state index contributed by atoms with van der Waals surface area (Å²) < 4.78 is 33.7. The molecular weight excluding hydrogens is 522 g/mol. The fourth-order valence-corrected chi connectivity index (χ4v) is 5.85. The van der Waals surface area contributed by atoms with Crippen LogP contribution in [0.2, 0.25) is 0 Å². The second kappa shape index (κ2) is 11.6. The molecule has 2 fully saturated rings. The predicted molar refractivity (Wildman–Crippen MR) is 148 cm³/mol. The van der Waals surface area contributed by atoms with Crippen LogP contribution in [0.5, 0.6) is 0 Å². The molecule has 1 aromatic carbocycles. The van der Waals surface area contributed by atoms with Crippen molar-refractivity contribution in [3.8, 4) is 11.4 Å². The summed E-state index contributed by atoms with van der Waals surface area (Å²) in [5.41, 5.74) is 3.40. The van der Waals surface area contributed by atoms with E-state index in [9.17, 15) is 8.76 Å². The van der Waals surface area contributed by atoms with Gasteiger partial charge in [0.1, 0.15) is 11.7 Å². The highest BCUT2D eigenvalue weighted by Crippen LogP contribution is 2.32. The van der Waals surface area contributed by atoms with Crippen LogP contribution < -0.4 is 4.90 Å². The van der Waals surface area contributed by atoms with Gasteiger partial charge in [-0.2, -0.15) is 5.10 Å². The molecule has 1 atom stereocenters. The first-order valence-electron chi connectivity index (χ1n) is 13.1. The molecule has 5 heterocycles. The fraction of sp³-hybridized carbons (Fsp3) is 0.520. The highest BCUT2D eigenvalue weighted by atomic mass is 32.2. The third kappa shape index (κ3) is 5.53. The van der Waals surface area contributed by atoms with E-state index in [1.165, 1.54) is 0 Å². The Morgan fingerprint density at radius 2 is 1.87 bits per heavy atom. The van der Waals surface area contributed by atoms with Crippen molar-refractivity contribution in [3.63, 3.8) is 0 Å². The molecule has 0 aliphatic carbocycles. The molecule has 0 amide bonds. The Bertz CT molecular complexity index is 1460. The van der Waals surface area contributed by atoms with Gasteiger partial charge in [-0.1, -0.05) is 12.1 Å². The molecule has 3 aromatic heterocycles. The first-order chi connectivity index (χ1) is 19.1. The Morgan fingerprint density at radius 1 is 1.08 bits per heavy atom. The number of aromatic amines is 1. The number of benzene rings is 1. The number of fused-ring (bicyclic) bond motifs is 2. The summed E-state index contributed by atoms with van der Waals surface area (Å²) in [5, 5.41) is 8.24. The van der Waals surface area contributed by atoms with Crippen molar-refractivity contribution < 1.29 is 18.2 Å². The van der Waals surface area contributed by atoms with Crippen LogP contribution in [0.15, 0.2) is 24.4 Å². The Morgan fingerprint density at radius 3 is 2.64 bits per heavy atom. The van der Waals surface area contributed by atoms with Crippen LogP contribution in [-0.4, -0.2) is 120 Å². The van der Waals surface area contributed by atoms with E-state index in [0.717, 1.165) is 78.5 Å². The maximum absolute atomic E-state index is 11.2. The predicted octanol–water partition coefficient (Wildman–Crippen LogP) is 1.15. The van der Waals surface area contributed by atoms with Gasteiger partial charge >= 0.3 is 0 Å². The number of hydrogen-bond donors (Lipinski definition) is 2. The Kier molecular flexibility index (Phi) is 7.81. The van der Waals surface area contributed by atoms with Gasteiger partial charge < -0.3 is 23.5 Å². The molecule has 0 radical (unpaired) electrons. The van der Waals surface area contributed by atoms with Crippen LogP contribution in [0.4, 0.5) is 5.82 Å². The number of nitrogens with zero attached hydrogens (tertiary/aromatic N) is 8. The van der Waals surface area contributed by atoms with Gasteiger partial charge in [-0.25, -0.2) is 19.2 Å². The van der Waals surface area contributed by atoms with Crippen molar-refractivity contribution in [3.05, 3.63) is 30.2 Å². The van der Waals surface area contributed by atoms with Gasteiger partial charge in [-0.05, 0) is 6.07 Å². The van der Waals surface area contributed by atoms with Gasteiger partial charge in [0.25, 0.3) is 0 Å². The lowest BCUT2D eigenvalue weighted by molar-refractivity contribution is 0.122. The van der Waals surface area contributed by atoms with Crippen molar-refractivity contribution >= 4 is 39.0 Å². The molecule has 0 saturated carbocycles. The van der Waals surface area contributed by atoms with Crippen molar-refractivity contribution in [2.75, 3.05) is 77.0 Å². The zero-order chi connectivity index (χ0) is 26.8. The molecule has 39 heavy (non-hydrogen) atoms. The van der Waals surface area contributed by atoms with Gasteiger partial charge in [-0.3, -0.25) is 14.9 Å². The molecule has 0 bridgehead atoms. The van der Waals surface area contributed by atoms with Gasteiger partial charge in [0, 0.05) is 63.9 Å². The molecule has 0 spiro atoms. The van der Waals surface area contributed by atoms with Crippen molar-refractivity contribution in [2.24, 2.45) is 0 Å². The number of morpholine rings is 1. The van der Waals surface area contributed by atoms with E-state index < -0.39 is 11.1 Å². The van der Waals surface area contributed by atoms with Crippen molar-refractivity contribution in [1.29, 1.82) is 0 Å². The standard InChI is InChI=1S/C25H33N9O4S/c1-37-12-11-34-21(16-31-5-7-32(8-6-31)17-39(35)36)27-22-24(33-9-13-38-14-10-33)28-23(29-25(22)34)18-3-2-4-20-19(18)15-26-30-20/h2-4,15H,5-14,16-17H2,1H3,(H,26,30)(H,35,36). The first kappa shape index (κ1) is 26.2. The average Bonchev–Trinajstić information content (AvgIpc) is 3.57. The van der Waals surface area contributed by atoms with Crippen LogP contribution in [0.1, 0.15) is 5.82 Å². The first-order valence-corrected chi connectivity index (χ1v) is 14.4. The van der Waals surface area contributed by atoms with Crippen LogP contribution in [0, 0.1) is 0 Å². The van der Waals surface area contributed by atoms with Crippen LogP contribution in [0.3, 0.4) is 0 Å². The molecule has 2 N–H and O–H groups in total. The highest BCUT2D eigenvalue weighted by molar-refractivity contribution is 7.79.